The summed E-state index contributed by atoms with van der Waals surface area (Å²) >= 11 is 0. The molecule has 0 saturated carbocycles. The number of anilines is 9. The SMILES string of the molecule is c1ccc(N2c3ncnc(n3)N(c3ccccc3)c3ncnc(n3)N(c3ccccc3)c3ncnc2n3)cc1. The molecular weight excluding hydrogens is 492 g/mol. The minimum atomic E-state index is 0.311. The lowest BCUT2D eigenvalue weighted by Crippen LogP contribution is -2.24. The van der Waals surface area contributed by atoms with Crippen molar-refractivity contribution in [2.75, 3.05) is 14.7 Å². The molecule has 186 valence electrons. The van der Waals surface area contributed by atoms with Gasteiger partial charge >= 0.3 is 0 Å². The highest BCUT2D eigenvalue weighted by Crippen LogP contribution is 2.37. The summed E-state index contributed by atoms with van der Waals surface area (Å²) in [5.41, 5.74) is 2.28. The van der Waals surface area contributed by atoms with Crippen LogP contribution in [0.15, 0.2) is 110 Å². The van der Waals surface area contributed by atoms with E-state index in [1.54, 1.807) is 14.7 Å². The van der Waals surface area contributed by atoms with Gasteiger partial charge in [0.25, 0.3) is 0 Å². The van der Waals surface area contributed by atoms with Gasteiger partial charge in [0.15, 0.2) is 0 Å². The Labute approximate surface area is 222 Å². The lowest BCUT2D eigenvalue weighted by Gasteiger charge is -2.27. The Morgan fingerprint density at radius 1 is 0.308 bits per heavy atom. The molecule has 3 aromatic carbocycles. The fourth-order valence-corrected chi connectivity index (χ4v) is 4.18. The van der Waals surface area contributed by atoms with E-state index in [4.69, 9.17) is 15.0 Å². The van der Waals surface area contributed by atoms with Crippen LogP contribution in [0.2, 0.25) is 0 Å². The van der Waals surface area contributed by atoms with Crippen LogP contribution in [0.3, 0.4) is 0 Å². The molecule has 39 heavy (non-hydrogen) atoms. The first-order valence-electron chi connectivity index (χ1n) is 12.0. The third-order valence-electron chi connectivity index (χ3n) is 5.88. The predicted molar refractivity (Wildman–Crippen MR) is 144 cm³/mol. The Hall–Kier alpha value is -5.91. The van der Waals surface area contributed by atoms with Crippen LogP contribution in [-0.4, -0.2) is 44.9 Å². The lowest BCUT2D eigenvalue weighted by atomic mass is 10.3. The third-order valence-corrected chi connectivity index (χ3v) is 5.88. The lowest BCUT2D eigenvalue weighted by molar-refractivity contribution is 0.891. The first-order chi connectivity index (χ1) is 19.3. The molecule has 0 amide bonds. The molecular formula is C27H18N12. The molecule has 0 aliphatic carbocycles. The fourth-order valence-electron chi connectivity index (χ4n) is 4.18. The number of nitrogens with zero attached hydrogens (tertiary/aromatic N) is 12. The van der Waals surface area contributed by atoms with Crippen molar-refractivity contribution in [3.05, 3.63) is 110 Å². The Bertz CT molecular complexity index is 1470. The van der Waals surface area contributed by atoms with Crippen LogP contribution in [0.1, 0.15) is 0 Å². The monoisotopic (exact) mass is 510 g/mol. The van der Waals surface area contributed by atoms with Gasteiger partial charge in [-0.2, -0.15) is 15.0 Å². The molecule has 6 aromatic rings. The Morgan fingerprint density at radius 3 is 0.769 bits per heavy atom. The number of para-hydroxylation sites is 3. The predicted octanol–water partition coefficient (Wildman–Crippen LogP) is 4.96. The molecule has 0 spiro atoms. The van der Waals surface area contributed by atoms with E-state index in [1.165, 1.54) is 19.0 Å². The van der Waals surface area contributed by atoms with E-state index in [-0.39, 0.29) is 0 Å². The van der Waals surface area contributed by atoms with Gasteiger partial charge in [-0.3, -0.25) is 0 Å². The highest BCUT2D eigenvalue weighted by molar-refractivity contribution is 5.75. The molecule has 0 radical (unpaired) electrons. The molecule has 0 unspecified atom stereocenters. The normalized spacial score (nSPS) is 12.5. The molecule has 0 N–H and O–H groups in total. The van der Waals surface area contributed by atoms with E-state index in [9.17, 15) is 0 Å². The summed E-state index contributed by atoms with van der Waals surface area (Å²) in [4.78, 5) is 46.7. The van der Waals surface area contributed by atoms with E-state index in [1.807, 2.05) is 91.0 Å². The molecule has 4 heterocycles. The van der Waals surface area contributed by atoms with Crippen molar-refractivity contribution >= 4 is 52.8 Å². The van der Waals surface area contributed by atoms with Crippen molar-refractivity contribution in [2.45, 2.75) is 0 Å². The summed E-state index contributed by atoms with van der Waals surface area (Å²) < 4.78 is 0. The third kappa shape index (κ3) is 4.11. The van der Waals surface area contributed by atoms with Crippen molar-refractivity contribution in [1.29, 1.82) is 0 Å². The van der Waals surface area contributed by atoms with Gasteiger partial charge in [0.1, 0.15) is 19.0 Å². The highest BCUT2D eigenvalue weighted by Gasteiger charge is 2.27. The van der Waals surface area contributed by atoms with Crippen LogP contribution in [-0.2, 0) is 0 Å². The highest BCUT2D eigenvalue weighted by atomic mass is 15.4. The second-order valence-corrected chi connectivity index (χ2v) is 8.27. The molecule has 1 aliphatic heterocycles. The summed E-state index contributed by atoms with van der Waals surface area (Å²) in [7, 11) is 0. The van der Waals surface area contributed by atoms with Gasteiger partial charge in [0.2, 0.25) is 35.7 Å². The van der Waals surface area contributed by atoms with Gasteiger partial charge in [-0.25, -0.2) is 44.6 Å². The minimum Gasteiger partial charge on any atom is -0.246 e. The molecule has 7 rings (SSSR count). The summed E-state index contributed by atoms with van der Waals surface area (Å²) in [5, 5.41) is 0. The molecule has 12 heteroatoms. The smallest absolute Gasteiger partial charge is 0.241 e. The number of rotatable bonds is 3. The van der Waals surface area contributed by atoms with Crippen molar-refractivity contribution in [3.63, 3.8) is 0 Å². The van der Waals surface area contributed by atoms with Crippen molar-refractivity contribution < 1.29 is 0 Å². The minimum absolute atomic E-state index is 0.311. The number of aromatic nitrogens is 9. The van der Waals surface area contributed by atoms with Crippen molar-refractivity contribution in [1.82, 2.24) is 44.9 Å². The molecule has 1 aliphatic rings. The zero-order valence-electron chi connectivity index (χ0n) is 20.3. The molecule has 6 bridgehead atoms. The van der Waals surface area contributed by atoms with Gasteiger partial charge in [-0.1, -0.05) is 54.6 Å². The molecule has 0 fully saturated rings. The number of benzene rings is 3. The molecule has 0 saturated heterocycles. The van der Waals surface area contributed by atoms with Crippen molar-refractivity contribution in [2.24, 2.45) is 0 Å². The fraction of sp³-hybridized carbons (Fsp3) is 0. The summed E-state index contributed by atoms with van der Waals surface area (Å²) in [6, 6.07) is 28.9. The van der Waals surface area contributed by atoms with E-state index < -0.39 is 0 Å². The van der Waals surface area contributed by atoms with Crippen LogP contribution < -0.4 is 14.7 Å². The maximum atomic E-state index is 4.82. The quantitative estimate of drug-likeness (QED) is 0.319. The average molecular weight is 511 g/mol. The summed E-state index contributed by atoms with van der Waals surface area (Å²) in [6.07, 6.45) is 4.32. The second kappa shape index (κ2) is 9.52. The first kappa shape index (κ1) is 22.3. The standard InChI is InChI=1S/C27H18N12/c1-4-10-19(11-5-1)37-22-28-16-30-24(34-22)38(20-12-6-2-7-13-20)26-32-18-33-27(36-26)39(21-14-8-3-9-15-21)25-31-17-29-23(37)35-25/h1-18H. The van der Waals surface area contributed by atoms with E-state index in [0.29, 0.717) is 35.7 Å². The van der Waals surface area contributed by atoms with Gasteiger partial charge in [-0.05, 0) is 36.4 Å². The second-order valence-electron chi connectivity index (χ2n) is 8.27. The van der Waals surface area contributed by atoms with Gasteiger partial charge in [0, 0.05) is 0 Å². The van der Waals surface area contributed by atoms with E-state index in [0.717, 1.165) is 17.1 Å². The topological polar surface area (TPSA) is 126 Å². The van der Waals surface area contributed by atoms with E-state index in [2.05, 4.69) is 29.9 Å². The zero-order valence-corrected chi connectivity index (χ0v) is 20.3. The average Bonchev–Trinajstić information content (AvgIpc) is 3.00. The Balaban J connectivity index is 1.55. The van der Waals surface area contributed by atoms with Crippen LogP contribution in [0.5, 0.6) is 0 Å². The zero-order chi connectivity index (χ0) is 26.0. The summed E-state index contributed by atoms with van der Waals surface area (Å²) in [5.74, 6) is 1.86. The molecule has 3 aromatic heterocycles. The summed E-state index contributed by atoms with van der Waals surface area (Å²) in [6.45, 7) is 0. The van der Waals surface area contributed by atoms with Crippen LogP contribution in [0.4, 0.5) is 52.8 Å². The molecule has 12 nitrogen and oxygen atoms in total. The largest absolute Gasteiger partial charge is 0.246 e. The van der Waals surface area contributed by atoms with Crippen LogP contribution >= 0.6 is 0 Å². The molecule has 0 atom stereocenters. The van der Waals surface area contributed by atoms with Crippen LogP contribution in [0, 0.1) is 0 Å². The number of fused-ring (bicyclic) bond motifs is 6. The van der Waals surface area contributed by atoms with Gasteiger partial charge < -0.3 is 0 Å². The van der Waals surface area contributed by atoms with Gasteiger partial charge in [0.05, 0.1) is 17.1 Å². The van der Waals surface area contributed by atoms with E-state index >= 15 is 0 Å². The van der Waals surface area contributed by atoms with Crippen LogP contribution in [0.25, 0.3) is 0 Å². The Kier molecular flexibility index (Phi) is 5.44. The first-order valence-corrected chi connectivity index (χ1v) is 12.0. The Morgan fingerprint density at radius 2 is 0.538 bits per heavy atom. The number of hydrogen-bond acceptors (Lipinski definition) is 12. The maximum Gasteiger partial charge on any atom is 0.241 e. The van der Waals surface area contributed by atoms with Crippen molar-refractivity contribution in [3.8, 4) is 0 Å². The number of hydrogen-bond donors (Lipinski definition) is 0. The maximum absolute atomic E-state index is 4.82. The van der Waals surface area contributed by atoms with Gasteiger partial charge in [-0.15, -0.1) is 0 Å².